The highest BCUT2D eigenvalue weighted by Crippen LogP contribution is 2.32. The second kappa shape index (κ2) is 10.2. The van der Waals surface area contributed by atoms with Crippen LogP contribution in [0.25, 0.3) is 0 Å². The first-order chi connectivity index (χ1) is 16.3. The summed E-state index contributed by atoms with van der Waals surface area (Å²) < 4.78 is 16.6. The molecule has 7 nitrogen and oxygen atoms in total. The van der Waals surface area contributed by atoms with E-state index in [0.29, 0.717) is 31.0 Å². The molecule has 0 aromatic heterocycles. The zero-order valence-corrected chi connectivity index (χ0v) is 19.6. The minimum atomic E-state index is -1.32. The van der Waals surface area contributed by atoms with Crippen molar-refractivity contribution in [3.63, 3.8) is 0 Å². The molecule has 2 aliphatic heterocycles. The second-order valence-corrected chi connectivity index (χ2v) is 9.30. The van der Waals surface area contributed by atoms with Gasteiger partial charge < -0.3 is 24.2 Å². The molecule has 7 heteroatoms. The molecule has 1 saturated heterocycles. The van der Waals surface area contributed by atoms with Crippen LogP contribution >= 0.6 is 0 Å². The van der Waals surface area contributed by atoms with Crippen LogP contribution in [0.1, 0.15) is 43.7 Å². The molecule has 2 atom stereocenters. The molecule has 2 aliphatic rings. The van der Waals surface area contributed by atoms with Gasteiger partial charge in [-0.1, -0.05) is 42.5 Å². The maximum absolute atomic E-state index is 13.7. The number of hydrogen-bond acceptors (Lipinski definition) is 5. The van der Waals surface area contributed by atoms with Crippen molar-refractivity contribution in [2.24, 2.45) is 5.92 Å². The van der Waals surface area contributed by atoms with Gasteiger partial charge in [-0.25, -0.2) is 4.79 Å². The van der Waals surface area contributed by atoms with Crippen molar-refractivity contribution in [2.45, 2.75) is 44.6 Å². The van der Waals surface area contributed by atoms with E-state index in [1.807, 2.05) is 53.4 Å². The molecule has 2 heterocycles. The Morgan fingerprint density at radius 3 is 2.68 bits per heavy atom. The number of benzene rings is 2. The summed E-state index contributed by atoms with van der Waals surface area (Å²) in [6, 6.07) is 17.5. The lowest BCUT2D eigenvalue weighted by molar-refractivity contribution is -0.152. The summed E-state index contributed by atoms with van der Waals surface area (Å²) in [5.41, 5.74) is 0.779. The first-order valence-corrected chi connectivity index (χ1v) is 11.6. The van der Waals surface area contributed by atoms with Crippen molar-refractivity contribution in [3.05, 3.63) is 77.7 Å². The standard InChI is InChI=1S/C27H31NO6/c1-27(2,26(30)31)34-22-12-6-10-20(15-22)21-11-7-13-28(16-21)25(29)23(24-17-32-18-33-24)14-19-8-4-3-5-9-19/h3-6,8-10,12,15,17,21,23H,7,11,13-14,16,18H2,1-2H3,(H,30,31). The molecular formula is C27H31NO6. The van der Waals surface area contributed by atoms with Crippen LogP contribution in [-0.2, 0) is 25.5 Å². The lowest BCUT2D eigenvalue weighted by Gasteiger charge is -2.35. The predicted octanol–water partition coefficient (Wildman–Crippen LogP) is 4.34. The summed E-state index contributed by atoms with van der Waals surface area (Å²) in [6.07, 6.45) is 3.93. The Morgan fingerprint density at radius 2 is 1.97 bits per heavy atom. The molecule has 0 aliphatic carbocycles. The number of likely N-dealkylation sites (tertiary alicyclic amines) is 1. The summed E-state index contributed by atoms with van der Waals surface area (Å²) in [7, 11) is 0. The maximum atomic E-state index is 13.7. The average molecular weight is 466 g/mol. The topological polar surface area (TPSA) is 85.3 Å². The quantitative estimate of drug-likeness (QED) is 0.624. The van der Waals surface area contributed by atoms with E-state index in [-0.39, 0.29) is 18.6 Å². The van der Waals surface area contributed by atoms with Gasteiger partial charge in [0, 0.05) is 19.0 Å². The first-order valence-electron chi connectivity index (χ1n) is 11.6. The van der Waals surface area contributed by atoms with E-state index in [1.54, 1.807) is 12.3 Å². The fraction of sp³-hybridized carbons (Fsp3) is 0.407. The highest BCUT2D eigenvalue weighted by molar-refractivity contribution is 5.82. The van der Waals surface area contributed by atoms with Crippen LogP contribution in [0.2, 0.25) is 0 Å². The lowest BCUT2D eigenvalue weighted by Crippen LogP contribution is -2.43. The molecule has 0 bridgehead atoms. The number of hydrogen-bond donors (Lipinski definition) is 1. The molecule has 0 saturated carbocycles. The highest BCUT2D eigenvalue weighted by Gasteiger charge is 2.34. The molecule has 2 unspecified atom stereocenters. The third-order valence-corrected chi connectivity index (χ3v) is 6.37. The van der Waals surface area contributed by atoms with E-state index in [1.165, 1.54) is 13.8 Å². The van der Waals surface area contributed by atoms with Crippen LogP contribution in [0.5, 0.6) is 5.75 Å². The third kappa shape index (κ3) is 5.53. The maximum Gasteiger partial charge on any atom is 0.347 e. The zero-order chi connectivity index (χ0) is 24.1. The van der Waals surface area contributed by atoms with Crippen molar-refractivity contribution in [3.8, 4) is 5.75 Å². The van der Waals surface area contributed by atoms with Gasteiger partial charge in [-0.2, -0.15) is 0 Å². The molecular weight excluding hydrogens is 434 g/mol. The largest absolute Gasteiger partial charge is 0.478 e. The number of aliphatic carboxylic acids is 1. The third-order valence-electron chi connectivity index (χ3n) is 6.37. The Balaban J connectivity index is 1.49. The van der Waals surface area contributed by atoms with Gasteiger partial charge in [-0.05, 0) is 56.4 Å². The van der Waals surface area contributed by atoms with E-state index < -0.39 is 17.5 Å². The normalized spacial score (nSPS) is 18.9. The van der Waals surface area contributed by atoms with E-state index in [9.17, 15) is 14.7 Å². The van der Waals surface area contributed by atoms with Gasteiger partial charge in [-0.15, -0.1) is 0 Å². The van der Waals surface area contributed by atoms with E-state index in [4.69, 9.17) is 14.2 Å². The number of carbonyl (C=O) groups is 2. The van der Waals surface area contributed by atoms with Gasteiger partial charge in [0.15, 0.2) is 5.60 Å². The fourth-order valence-electron chi connectivity index (χ4n) is 4.43. The Kier molecular flexibility index (Phi) is 7.10. The van der Waals surface area contributed by atoms with Crippen molar-refractivity contribution in [2.75, 3.05) is 19.9 Å². The fourth-order valence-corrected chi connectivity index (χ4v) is 4.43. The predicted molar refractivity (Wildman–Crippen MR) is 126 cm³/mol. The Hall–Kier alpha value is -3.48. The van der Waals surface area contributed by atoms with E-state index in [0.717, 1.165) is 24.0 Å². The molecule has 1 fully saturated rings. The van der Waals surface area contributed by atoms with Gasteiger partial charge in [0.1, 0.15) is 23.7 Å². The number of amides is 1. The van der Waals surface area contributed by atoms with Crippen LogP contribution in [-0.4, -0.2) is 47.4 Å². The zero-order valence-electron chi connectivity index (χ0n) is 19.6. The number of ether oxygens (including phenoxy) is 3. The SMILES string of the molecule is CC(C)(Oc1cccc(C2CCCN(C(=O)C(Cc3ccccc3)C3=COCO3)C2)c1)C(=O)O. The van der Waals surface area contributed by atoms with Gasteiger partial charge in [0.2, 0.25) is 12.7 Å². The number of rotatable bonds is 8. The summed E-state index contributed by atoms with van der Waals surface area (Å²) in [5, 5.41) is 9.37. The number of nitrogens with zero attached hydrogens (tertiary/aromatic N) is 1. The van der Waals surface area contributed by atoms with Crippen LogP contribution in [0.3, 0.4) is 0 Å². The molecule has 4 rings (SSSR count). The number of carbonyl (C=O) groups excluding carboxylic acids is 1. The smallest absolute Gasteiger partial charge is 0.347 e. The molecule has 34 heavy (non-hydrogen) atoms. The van der Waals surface area contributed by atoms with Gasteiger partial charge in [0.05, 0.1) is 0 Å². The monoisotopic (exact) mass is 465 g/mol. The number of piperidine rings is 1. The Morgan fingerprint density at radius 1 is 1.18 bits per heavy atom. The van der Waals surface area contributed by atoms with Crippen molar-refractivity contribution in [1.29, 1.82) is 0 Å². The average Bonchev–Trinajstić information content (AvgIpc) is 3.37. The van der Waals surface area contributed by atoms with Crippen LogP contribution in [0, 0.1) is 5.92 Å². The van der Waals surface area contributed by atoms with Crippen molar-refractivity contribution < 1.29 is 28.9 Å². The lowest BCUT2D eigenvalue weighted by atomic mass is 9.88. The summed E-state index contributed by atoms with van der Waals surface area (Å²) in [5.74, 6) is -0.204. The summed E-state index contributed by atoms with van der Waals surface area (Å²) in [4.78, 5) is 27.0. The Bertz CT molecular complexity index is 1050. The molecule has 0 spiro atoms. The summed E-state index contributed by atoms with van der Waals surface area (Å²) in [6.45, 7) is 4.47. The number of carboxylic acids is 1. The molecule has 1 amide bonds. The minimum Gasteiger partial charge on any atom is -0.478 e. The molecule has 2 aromatic rings. The molecule has 2 aromatic carbocycles. The van der Waals surface area contributed by atoms with E-state index >= 15 is 0 Å². The highest BCUT2D eigenvalue weighted by atomic mass is 16.7. The van der Waals surface area contributed by atoms with Gasteiger partial charge in [0.25, 0.3) is 0 Å². The van der Waals surface area contributed by atoms with Crippen molar-refractivity contribution in [1.82, 2.24) is 4.90 Å². The molecule has 180 valence electrons. The van der Waals surface area contributed by atoms with E-state index in [2.05, 4.69) is 0 Å². The second-order valence-electron chi connectivity index (χ2n) is 9.30. The van der Waals surface area contributed by atoms with Gasteiger partial charge in [-0.3, -0.25) is 4.79 Å². The van der Waals surface area contributed by atoms with Crippen molar-refractivity contribution >= 4 is 11.9 Å². The molecule has 1 N–H and O–H groups in total. The molecule has 0 radical (unpaired) electrons. The summed E-state index contributed by atoms with van der Waals surface area (Å²) >= 11 is 0. The Labute approximate surface area is 199 Å². The van der Waals surface area contributed by atoms with Crippen LogP contribution < -0.4 is 4.74 Å². The number of carboxylic acid groups (broad SMARTS) is 1. The van der Waals surface area contributed by atoms with Gasteiger partial charge >= 0.3 is 5.97 Å². The minimum absolute atomic E-state index is 0.0321. The van der Waals surface area contributed by atoms with Crippen LogP contribution in [0.4, 0.5) is 0 Å². The first kappa shape index (κ1) is 23.7. The van der Waals surface area contributed by atoms with Crippen LogP contribution in [0.15, 0.2) is 66.6 Å².